The molecule has 0 radical (unpaired) electrons. The fourth-order valence-corrected chi connectivity index (χ4v) is 12.9. The summed E-state index contributed by atoms with van der Waals surface area (Å²) in [6.45, 7) is 8.99. The minimum atomic E-state index is 0.699. The number of methoxy groups -OCH3 is 3. The maximum absolute atomic E-state index is 6.30. The average Bonchev–Trinajstić information content (AvgIpc) is 0.927. The molecule has 0 aliphatic carbocycles. The minimum absolute atomic E-state index is 0.699. The summed E-state index contributed by atoms with van der Waals surface area (Å²) in [5.74, 6) is 4.65. The number of nitrogens with zero attached hydrogens (tertiary/aromatic N) is 1. The molecule has 4 rings (SSSR count). The third kappa shape index (κ3) is 39.1. The van der Waals surface area contributed by atoms with Crippen LogP contribution in [0.1, 0.15) is 363 Å². The summed E-state index contributed by atoms with van der Waals surface area (Å²) in [6.07, 6.45) is 78.2. The van der Waals surface area contributed by atoms with Crippen molar-refractivity contribution in [2.24, 2.45) is 7.05 Å². The van der Waals surface area contributed by atoms with Crippen molar-refractivity contribution in [2.75, 3.05) is 41.2 Å². The Hall–Kier alpha value is -5.17. The van der Waals surface area contributed by atoms with E-state index in [1.165, 1.54) is 289 Å². The SMILES string of the molecule is CCCCCCCCCCCCCCCCCCOc1ccc(/C=C/c2cc(/C=C/c3ccc(OCCCCCCCCCCCCCCCCCC)c(OC)c3)[n+](C)c(/C=C/c3ccc(OCCCCCCCCCCCCCCCCCC)c(OC)c3)c2)cc1OC. The molecule has 3 aromatic carbocycles. The lowest BCUT2D eigenvalue weighted by Gasteiger charge is -2.11. The van der Waals surface area contributed by atoms with Gasteiger partial charge < -0.3 is 28.4 Å². The number of pyridine rings is 1. The minimum Gasteiger partial charge on any atom is -0.493 e. The zero-order valence-corrected chi connectivity index (χ0v) is 61.8. The highest BCUT2D eigenvalue weighted by Crippen LogP contribution is 2.33. The van der Waals surface area contributed by atoms with Crippen LogP contribution >= 0.6 is 0 Å². The van der Waals surface area contributed by atoms with Crippen LogP contribution in [0, 0.1) is 0 Å². The number of hydrogen-bond donors (Lipinski definition) is 0. The van der Waals surface area contributed by atoms with Gasteiger partial charge in [0.15, 0.2) is 34.5 Å². The smallest absolute Gasteiger partial charge is 0.206 e. The highest BCUT2D eigenvalue weighted by Gasteiger charge is 2.14. The van der Waals surface area contributed by atoms with Crippen LogP contribution in [-0.2, 0) is 7.05 Å². The summed E-state index contributed by atoms with van der Waals surface area (Å²) in [5, 5.41) is 0. The van der Waals surface area contributed by atoms with Gasteiger partial charge in [-0.2, -0.15) is 4.57 Å². The average molecular weight is 1300 g/mol. The fourth-order valence-electron chi connectivity index (χ4n) is 12.9. The highest BCUT2D eigenvalue weighted by atomic mass is 16.5. The molecule has 0 fully saturated rings. The second kappa shape index (κ2) is 57.0. The van der Waals surface area contributed by atoms with Gasteiger partial charge in [0.05, 0.1) is 41.2 Å². The van der Waals surface area contributed by atoms with Crippen LogP contribution < -0.4 is 33.0 Å². The van der Waals surface area contributed by atoms with Crippen molar-refractivity contribution in [1.82, 2.24) is 0 Å². The zero-order chi connectivity index (χ0) is 66.8. The Labute approximate surface area is 578 Å². The molecule has 0 bridgehead atoms. The molecule has 0 aliphatic heterocycles. The van der Waals surface area contributed by atoms with Crippen LogP contribution in [0.5, 0.6) is 34.5 Å². The topological polar surface area (TPSA) is 59.3 Å². The standard InChI is InChI=1S/C87H140NO6/c1-8-11-14-17-20-23-26-29-32-35-38-41-44-47-50-53-68-92-82-65-60-76(73-85(82)89-5)56-57-79-71-80(63-58-77-61-66-83(86(74-77)90-6)93-69-54-51-48-45-42-39-36-33-30-27-24-21-18-15-12-9-2)88(4)81(72-79)64-59-78-62-67-84(87(75-78)91-7)94-70-55-52-49-46-43-40-37-34-31-28-25-22-19-16-13-10-3/h56-67,71-75H,8-55,68-70H2,1-7H3/q+1/b57-56+,63-58+,64-59+. The van der Waals surface area contributed by atoms with Crippen LogP contribution in [0.4, 0.5) is 0 Å². The van der Waals surface area contributed by atoms with Crippen molar-refractivity contribution >= 4 is 36.5 Å². The van der Waals surface area contributed by atoms with E-state index in [4.69, 9.17) is 28.4 Å². The number of benzene rings is 3. The van der Waals surface area contributed by atoms with Crippen molar-refractivity contribution in [3.8, 4) is 34.5 Å². The first-order valence-corrected chi connectivity index (χ1v) is 39.4. The molecular weight excluding hydrogens is 1150 g/mol. The molecule has 0 saturated carbocycles. The summed E-state index contributed by atoms with van der Waals surface area (Å²) in [6, 6.07) is 23.2. The zero-order valence-electron chi connectivity index (χ0n) is 61.8. The largest absolute Gasteiger partial charge is 0.493 e. The van der Waals surface area contributed by atoms with E-state index in [2.05, 4.69) is 136 Å². The van der Waals surface area contributed by atoms with Crippen LogP contribution in [0.3, 0.4) is 0 Å². The number of hydrogen-bond acceptors (Lipinski definition) is 6. The van der Waals surface area contributed by atoms with Crippen molar-refractivity contribution in [3.05, 3.63) is 100 Å². The molecule has 7 nitrogen and oxygen atoms in total. The summed E-state index contributed by atoms with van der Waals surface area (Å²) in [4.78, 5) is 0. The van der Waals surface area contributed by atoms with Gasteiger partial charge in [-0.05, 0) is 90.1 Å². The van der Waals surface area contributed by atoms with Crippen molar-refractivity contribution in [3.63, 3.8) is 0 Å². The second-order valence-corrected chi connectivity index (χ2v) is 27.4. The van der Waals surface area contributed by atoms with Gasteiger partial charge in [-0.25, -0.2) is 0 Å². The molecular formula is C87H140NO6+. The van der Waals surface area contributed by atoms with E-state index < -0.39 is 0 Å². The van der Waals surface area contributed by atoms with E-state index in [9.17, 15) is 0 Å². The Bertz CT molecular complexity index is 2420. The van der Waals surface area contributed by atoms with E-state index in [1.54, 1.807) is 21.3 Å². The molecule has 0 N–H and O–H groups in total. The first-order chi connectivity index (χ1) is 46.4. The molecule has 0 unspecified atom stereocenters. The maximum atomic E-state index is 6.30. The van der Waals surface area contributed by atoms with Crippen LogP contribution in [0.2, 0.25) is 0 Å². The first kappa shape index (κ1) is 81.3. The van der Waals surface area contributed by atoms with Crippen LogP contribution in [0.25, 0.3) is 36.5 Å². The quantitative estimate of drug-likeness (QED) is 0.0324. The van der Waals surface area contributed by atoms with Crippen molar-refractivity contribution < 1.29 is 33.0 Å². The molecule has 94 heavy (non-hydrogen) atoms. The highest BCUT2D eigenvalue weighted by molar-refractivity contribution is 5.76. The third-order valence-electron chi connectivity index (χ3n) is 19.1. The second-order valence-electron chi connectivity index (χ2n) is 27.4. The van der Waals surface area contributed by atoms with E-state index in [0.717, 1.165) is 87.4 Å². The number of unbranched alkanes of at least 4 members (excludes halogenated alkanes) is 45. The fraction of sp³-hybridized carbons (Fsp3) is 0.667. The lowest BCUT2D eigenvalue weighted by atomic mass is 10.0. The van der Waals surface area contributed by atoms with Gasteiger partial charge in [0.2, 0.25) is 11.4 Å². The van der Waals surface area contributed by atoms with Gasteiger partial charge in [-0.15, -0.1) is 0 Å². The maximum Gasteiger partial charge on any atom is 0.206 e. The molecule has 4 aromatic rings. The van der Waals surface area contributed by atoms with E-state index in [0.29, 0.717) is 19.8 Å². The van der Waals surface area contributed by atoms with Crippen molar-refractivity contribution in [2.45, 2.75) is 329 Å². The van der Waals surface area contributed by atoms with E-state index in [-0.39, 0.29) is 0 Å². The third-order valence-corrected chi connectivity index (χ3v) is 19.1. The Morgan fingerprint density at radius 2 is 0.436 bits per heavy atom. The van der Waals surface area contributed by atoms with Gasteiger partial charge in [-0.3, -0.25) is 0 Å². The number of aromatic nitrogens is 1. The molecule has 0 atom stereocenters. The van der Waals surface area contributed by atoms with Gasteiger partial charge in [0.1, 0.15) is 7.05 Å². The summed E-state index contributed by atoms with van der Waals surface area (Å²) < 4.78 is 38.8. The lowest BCUT2D eigenvalue weighted by Crippen LogP contribution is -2.35. The molecule has 0 spiro atoms. The van der Waals surface area contributed by atoms with Gasteiger partial charge in [0, 0.05) is 24.3 Å². The van der Waals surface area contributed by atoms with E-state index in [1.807, 2.05) is 0 Å². The molecule has 1 heterocycles. The Morgan fingerprint density at radius 3 is 0.660 bits per heavy atom. The number of ether oxygens (including phenoxy) is 6. The first-order valence-electron chi connectivity index (χ1n) is 39.4. The Balaban J connectivity index is 1.32. The molecule has 7 heteroatoms. The molecule has 0 aliphatic rings. The molecule has 0 saturated heterocycles. The molecule has 1 aromatic heterocycles. The summed E-state index contributed by atoms with van der Waals surface area (Å²) >= 11 is 0. The monoisotopic (exact) mass is 1300 g/mol. The van der Waals surface area contributed by atoms with Gasteiger partial charge >= 0.3 is 0 Å². The predicted octanol–water partition coefficient (Wildman–Crippen LogP) is 27.0. The van der Waals surface area contributed by atoms with E-state index >= 15 is 0 Å². The summed E-state index contributed by atoms with van der Waals surface area (Å²) in [5.41, 5.74) is 6.30. The Morgan fingerprint density at radius 1 is 0.234 bits per heavy atom. The molecule has 0 amide bonds. The van der Waals surface area contributed by atoms with Gasteiger partial charge in [0.25, 0.3) is 0 Å². The Kier molecular flexibility index (Phi) is 49.2. The lowest BCUT2D eigenvalue weighted by molar-refractivity contribution is -0.675. The van der Waals surface area contributed by atoms with Crippen LogP contribution in [0.15, 0.2) is 66.7 Å². The summed E-state index contributed by atoms with van der Waals surface area (Å²) in [7, 11) is 7.32. The van der Waals surface area contributed by atoms with Gasteiger partial charge in [-0.1, -0.05) is 340 Å². The van der Waals surface area contributed by atoms with Crippen molar-refractivity contribution in [1.29, 1.82) is 0 Å². The predicted molar refractivity (Wildman–Crippen MR) is 409 cm³/mol. The molecule has 528 valence electrons. The normalized spacial score (nSPS) is 11.7. The van der Waals surface area contributed by atoms with Crippen LogP contribution in [-0.4, -0.2) is 41.2 Å². The number of rotatable bonds is 63.